The van der Waals surface area contributed by atoms with Crippen molar-refractivity contribution < 1.29 is 18.6 Å². The molecule has 0 spiro atoms. The molecular weight excluding hydrogens is 440 g/mol. The lowest BCUT2D eigenvalue weighted by Gasteiger charge is -2.34. The zero-order valence-corrected chi connectivity index (χ0v) is 18.3. The van der Waals surface area contributed by atoms with E-state index in [-0.39, 0.29) is 35.1 Å². The quantitative estimate of drug-likeness (QED) is 0.553. The number of piperidine rings is 1. The zero-order chi connectivity index (χ0) is 24.4. The molecule has 2 atom stereocenters. The van der Waals surface area contributed by atoms with Gasteiger partial charge in [0.1, 0.15) is 23.9 Å². The van der Waals surface area contributed by atoms with Crippen LogP contribution in [0.25, 0.3) is 27.1 Å². The highest BCUT2D eigenvalue weighted by Crippen LogP contribution is 2.45. The molecule has 1 aromatic heterocycles. The molecule has 1 fully saturated rings. The van der Waals surface area contributed by atoms with Crippen molar-refractivity contribution in [3.05, 3.63) is 65.4 Å². The second-order valence-corrected chi connectivity index (χ2v) is 7.94. The molecule has 0 amide bonds. The predicted octanol–water partition coefficient (Wildman–Crippen LogP) is 4.57. The van der Waals surface area contributed by atoms with E-state index in [9.17, 15) is 13.9 Å². The summed E-state index contributed by atoms with van der Waals surface area (Å²) in [6.07, 6.45) is 0.636. The van der Waals surface area contributed by atoms with E-state index in [0.717, 1.165) is 0 Å². The van der Waals surface area contributed by atoms with Crippen LogP contribution in [0.15, 0.2) is 42.6 Å². The van der Waals surface area contributed by atoms with Crippen LogP contribution in [-0.2, 0) is 0 Å². The molecule has 172 valence electrons. The lowest BCUT2D eigenvalue weighted by atomic mass is 9.93. The van der Waals surface area contributed by atoms with E-state index in [4.69, 9.17) is 22.3 Å². The molecular formula is C25H21F2N5O2. The first-order valence-electron chi connectivity index (χ1n) is 10.5. The molecule has 2 aromatic carbocycles. The van der Waals surface area contributed by atoms with Gasteiger partial charge in [-0.1, -0.05) is 12.1 Å². The van der Waals surface area contributed by atoms with Crippen molar-refractivity contribution in [1.82, 2.24) is 4.98 Å². The average Bonchev–Trinajstić information content (AvgIpc) is 2.84. The number of halogens is 2. The van der Waals surface area contributed by atoms with E-state index in [2.05, 4.69) is 9.83 Å². The molecule has 4 rings (SSSR count). The lowest BCUT2D eigenvalue weighted by molar-refractivity contribution is 0.251. The third-order valence-corrected chi connectivity index (χ3v) is 5.91. The standard InChI is InChI=1S/C25H21F2N5O2/c1-30-24-23(15-3-4-16(11-28)18(26)9-15)17(14-5-6-22(34-2)21(33)10-14)12-31-25(24)32-8-7-20(29)19(27)13-32/h3-6,9-10,12,19-20,33H,7-8,13,29H2,2H3. The molecule has 34 heavy (non-hydrogen) atoms. The van der Waals surface area contributed by atoms with Crippen LogP contribution in [0, 0.1) is 23.7 Å². The normalized spacial score (nSPS) is 17.6. The minimum absolute atomic E-state index is 0.0134. The molecule has 0 radical (unpaired) electrons. The van der Waals surface area contributed by atoms with Crippen molar-refractivity contribution in [3.63, 3.8) is 0 Å². The Labute approximate surface area is 195 Å². The van der Waals surface area contributed by atoms with Gasteiger partial charge in [-0.2, -0.15) is 5.26 Å². The highest BCUT2D eigenvalue weighted by molar-refractivity contribution is 5.97. The Morgan fingerprint density at radius 2 is 2.06 bits per heavy atom. The van der Waals surface area contributed by atoms with Gasteiger partial charge in [0.05, 0.1) is 25.8 Å². The monoisotopic (exact) mass is 461 g/mol. The fourth-order valence-corrected chi connectivity index (χ4v) is 4.07. The second kappa shape index (κ2) is 9.34. The SMILES string of the molecule is [C-]#[N+]c1c(N2CCC(N)C(F)C2)ncc(-c2ccc(OC)c(O)c2)c1-c1ccc(C#N)c(F)c1. The topological polar surface area (TPSA) is 99.8 Å². The third kappa shape index (κ3) is 4.09. The Kier molecular flexibility index (Phi) is 6.31. The number of rotatable bonds is 4. The number of methoxy groups -OCH3 is 1. The van der Waals surface area contributed by atoms with Gasteiger partial charge in [-0.3, -0.25) is 4.98 Å². The summed E-state index contributed by atoms with van der Waals surface area (Å²) in [7, 11) is 1.43. The van der Waals surface area contributed by atoms with Crippen molar-refractivity contribution in [1.29, 1.82) is 5.26 Å². The smallest absolute Gasteiger partial charge is 0.236 e. The van der Waals surface area contributed by atoms with Crippen LogP contribution in [-0.4, -0.2) is 42.5 Å². The number of nitrogens with two attached hydrogens (primary N) is 1. The number of pyridine rings is 1. The van der Waals surface area contributed by atoms with Crippen molar-refractivity contribution >= 4 is 11.5 Å². The Balaban J connectivity index is 1.95. The lowest BCUT2D eigenvalue weighted by Crippen LogP contribution is -2.48. The number of alkyl halides is 1. The maximum Gasteiger partial charge on any atom is 0.236 e. The van der Waals surface area contributed by atoms with Gasteiger partial charge in [0.15, 0.2) is 11.5 Å². The molecule has 2 heterocycles. The summed E-state index contributed by atoms with van der Waals surface area (Å²) in [5.74, 6) is -0.310. The van der Waals surface area contributed by atoms with Crippen molar-refractivity contribution in [2.75, 3.05) is 25.1 Å². The van der Waals surface area contributed by atoms with E-state index < -0.39 is 18.0 Å². The van der Waals surface area contributed by atoms with Crippen LogP contribution in [0.3, 0.4) is 0 Å². The van der Waals surface area contributed by atoms with Gasteiger partial charge < -0.3 is 20.5 Å². The number of anilines is 1. The molecule has 1 saturated heterocycles. The number of ether oxygens (including phenoxy) is 1. The van der Waals surface area contributed by atoms with Gasteiger partial charge in [0.2, 0.25) is 5.69 Å². The highest BCUT2D eigenvalue weighted by atomic mass is 19.1. The van der Waals surface area contributed by atoms with Crippen molar-refractivity contribution in [3.8, 4) is 39.8 Å². The molecule has 1 aliphatic heterocycles. The number of hydrogen-bond acceptors (Lipinski definition) is 6. The molecule has 2 unspecified atom stereocenters. The molecule has 9 heteroatoms. The molecule has 0 bridgehead atoms. The van der Waals surface area contributed by atoms with Gasteiger partial charge >= 0.3 is 0 Å². The van der Waals surface area contributed by atoms with Crippen LogP contribution in [0.2, 0.25) is 0 Å². The average molecular weight is 461 g/mol. The molecule has 7 nitrogen and oxygen atoms in total. The number of phenols is 1. The minimum atomic E-state index is -1.27. The summed E-state index contributed by atoms with van der Waals surface area (Å²) >= 11 is 0. The summed E-state index contributed by atoms with van der Waals surface area (Å²) in [5, 5.41) is 19.4. The summed E-state index contributed by atoms with van der Waals surface area (Å²) in [6.45, 7) is 8.31. The number of nitrogens with zero attached hydrogens (tertiary/aromatic N) is 4. The molecule has 3 aromatic rings. The highest BCUT2D eigenvalue weighted by Gasteiger charge is 2.30. The molecule has 3 N–H and O–H groups in total. The van der Waals surface area contributed by atoms with E-state index in [1.807, 2.05) is 0 Å². The van der Waals surface area contributed by atoms with Gasteiger partial charge in [0.25, 0.3) is 0 Å². The number of nitriles is 1. The van der Waals surface area contributed by atoms with E-state index in [0.29, 0.717) is 35.2 Å². The van der Waals surface area contributed by atoms with Crippen LogP contribution in [0.1, 0.15) is 12.0 Å². The first-order valence-corrected chi connectivity index (χ1v) is 10.5. The van der Waals surface area contributed by atoms with Crippen molar-refractivity contribution in [2.45, 2.75) is 18.6 Å². The fraction of sp³-hybridized carbons (Fsp3) is 0.240. The second-order valence-electron chi connectivity index (χ2n) is 7.94. The van der Waals surface area contributed by atoms with E-state index >= 15 is 0 Å². The maximum atomic E-state index is 14.6. The number of aromatic nitrogens is 1. The van der Waals surface area contributed by atoms with Crippen LogP contribution < -0.4 is 15.4 Å². The summed E-state index contributed by atoms with van der Waals surface area (Å²) in [5.41, 5.74) is 7.48. The van der Waals surface area contributed by atoms with Crippen molar-refractivity contribution in [2.24, 2.45) is 5.73 Å². The largest absolute Gasteiger partial charge is 0.504 e. The first kappa shape index (κ1) is 23.0. The van der Waals surface area contributed by atoms with Crippen LogP contribution >= 0.6 is 0 Å². The summed E-state index contributed by atoms with van der Waals surface area (Å²) in [6, 6.07) is 9.99. The third-order valence-electron chi connectivity index (χ3n) is 5.91. The molecule has 0 aliphatic carbocycles. The van der Waals surface area contributed by atoms with Gasteiger partial charge in [-0.25, -0.2) is 13.6 Å². The predicted molar refractivity (Wildman–Crippen MR) is 124 cm³/mol. The Bertz CT molecular complexity index is 1330. The Hall–Kier alpha value is -4.21. The molecule has 1 aliphatic rings. The van der Waals surface area contributed by atoms with Crippen LogP contribution in [0.4, 0.5) is 20.3 Å². The van der Waals surface area contributed by atoms with E-state index in [1.54, 1.807) is 29.2 Å². The number of phenolic OH excluding ortho intramolecular Hbond substituents is 1. The first-order chi connectivity index (χ1) is 16.4. The van der Waals surface area contributed by atoms with Gasteiger partial charge in [-0.05, 0) is 47.4 Å². The van der Waals surface area contributed by atoms with Crippen LogP contribution in [0.5, 0.6) is 11.5 Å². The Morgan fingerprint density at radius 1 is 1.29 bits per heavy atom. The van der Waals surface area contributed by atoms with Gasteiger partial charge in [-0.15, -0.1) is 0 Å². The minimum Gasteiger partial charge on any atom is -0.504 e. The maximum absolute atomic E-state index is 14.6. The Morgan fingerprint density at radius 3 is 2.68 bits per heavy atom. The number of hydrogen-bond donors (Lipinski definition) is 2. The van der Waals surface area contributed by atoms with E-state index in [1.165, 1.54) is 31.5 Å². The van der Waals surface area contributed by atoms with Gasteiger partial charge in [0, 0.05) is 24.3 Å². The zero-order valence-electron chi connectivity index (χ0n) is 18.3. The summed E-state index contributed by atoms with van der Waals surface area (Å²) in [4.78, 5) is 9.83. The fourth-order valence-electron chi connectivity index (χ4n) is 4.07. The number of benzene rings is 2. The summed E-state index contributed by atoms with van der Waals surface area (Å²) < 4.78 is 34.1. The number of aromatic hydroxyl groups is 1. The molecule has 0 saturated carbocycles.